The van der Waals surface area contributed by atoms with E-state index in [0.29, 0.717) is 17.1 Å². The lowest BCUT2D eigenvalue weighted by molar-refractivity contribution is 0.102. The molecule has 1 aromatic carbocycles. The lowest BCUT2D eigenvalue weighted by Crippen LogP contribution is -2.14. The highest BCUT2D eigenvalue weighted by molar-refractivity contribution is 6.06. The molecule has 2 aromatic rings. The van der Waals surface area contributed by atoms with Crippen LogP contribution in [0.2, 0.25) is 0 Å². The molecule has 0 spiro atoms. The maximum absolute atomic E-state index is 12.2. The molecular weight excluding hydrogens is 256 g/mol. The predicted molar refractivity (Wildman–Crippen MR) is 78.0 cm³/mol. The second-order valence-electron chi connectivity index (χ2n) is 4.74. The quantitative estimate of drug-likeness (QED) is 0.798. The third-order valence-electron chi connectivity index (χ3n) is 2.95. The molecule has 0 saturated heterocycles. The molecule has 0 atom stereocenters. The lowest BCUT2D eigenvalue weighted by Gasteiger charge is -2.06. The number of nitrogens with one attached hydrogen (secondary N) is 2. The van der Waals surface area contributed by atoms with Gasteiger partial charge in [-0.1, -0.05) is 19.9 Å². The Hall–Kier alpha value is -2.50. The minimum atomic E-state index is -0.348. The summed E-state index contributed by atoms with van der Waals surface area (Å²) < 4.78 is 5.10. The number of anilines is 2. The van der Waals surface area contributed by atoms with Gasteiger partial charge in [0.05, 0.1) is 18.5 Å². The summed E-state index contributed by atoms with van der Waals surface area (Å²) >= 11 is 0. The number of carbonyl (C=O) groups excluding carboxylic acids is 1. The van der Waals surface area contributed by atoms with Gasteiger partial charge in [0.2, 0.25) is 0 Å². The number of ether oxygens (including phenoxy) is 1. The molecule has 0 aliphatic carbocycles. The SMILES string of the molecule is COc1cccc(NC(=O)c2n[nH]c(C(C)C)c2N)c1. The summed E-state index contributed by atoms with van der Waals surface area (Å²) in [7, 11) is 1.57. The summed E-state index contributed by atoms with van der Waals surface area (Å²) in [6, 6.07) is 7.09. The highest BCUT2D eigenvalue weighted by atomic mass is 16.5. The van der Waals surface area contributed by atoms with E-state index in [-0.39, 0.29) is 17.5 Å². The lowest BCUT2D eigenvalue weighted by atomic mass is 10.1. The standard InChI is InChI=1S/C14H18N4O2/c1-8(2)12-11(15)13(18-17-12)14(19)16-9-5-4-6-10(7-9)20-3/h4-8H,15H2,1-3H3,(H,16,19)(H,17,18). The Morgan fingerprint density at radius 2 is 2.20 bits per heavy atom. The van der Waals surface area contributed by atoms with Gasteiger partial charge < -0.3 is 15.8 Å². The molecule has 20 heavy (non-hydrogen) atoms. The normalized spacial score (nSPS) is 10.6. The topological polar surface area (TPSA) is 93.0 Å². The number of carbonyl (C=O) groups is 1. The van der Waals surface area contributed by atoms with Crippen LogP contribution in [0.4, 0.5) is 11.4 Å². The van der Waals surface area contributed by atoms with E-state index in [1.165, 1.54) is 0 Å². The summed E-state index contributed by atoms with van der Waals surface area (Å²) in [6.45, 7) is 3.96. The van der Waals surface area contributed by atoms with Gasteiger partial charge in [0, 0.05) is 11.8 Å². The van der Waals surface area contributed by atoms with Crippen molar-refractivity contribution in [2.75, 3.05) is 18.2 Å². The van der Waals surface area contributed by atoms with Crippen LogP contribution in [0.3, 0.4) is 0 Å². The van der Waals surface area contributed by atoms with Crippen molar-refractivity contribution in [2.45, 2.75) is 19.8 Å². The first-order valence-corrected chi connectivity index (χ1v) is 6.32. The van der Waals surface area contributed by atoms with Crippen molar-refractivity contribution >= 4 is 17.3 Å². The first-order chi connectivity index (χ1) is 9.52. The maximum Gasteiger partial charge on any atom is 0.278 e. The Morgan fingerprint density at radius 3 is 2.80 bits per heavy atom. The van der Waals surface area contributed by atoms with Crippen molar-refractivity contribution in [3.63, 3.8) is 0 Å². The van der Waals surface area contributed by atoms with E-state index in [0.717, 1.165) is 5.69 Å². The molecular formula is C14H18N4O2. The number of methoxy groups -OCH3 is 1. The van der Waals surface area contributed by atoms with Gasteiger partial charge >= 0.3 is 0 Å². The second kappa shape index (κ2) is 5.64. The van der Waals surface area contributed by atoms with E-state index in [9.17, 15) is 4.79 Å². The van der Waals surface area contributed by atoms with Gasteiger partial charge in [-0.05, 0) is 18.1 Å². The number of hydrogen-bond donors (Lipinski definition) is 3. The van der Waals surface area contributed by atoms with Crippen LogP contribution in [-0.4, -0.2) is 23.2 Å². The molecule has 106 valence electrons. The zero-order valence-electron chi connectivity index (χ0n) is 11.7. The highest BCUT2D eigenvalue weighted by Gasteiger charge is 2.18. The number of amides is 1. The third kappa shape index (κ3) is 2.74. The summed E-state index contributed by atoms with van der Waals surface area (Å²) in [5, 5.41) is 9.53. The molecule has 0 saturated carbocycles. The number of aromatic amines is 1. The minimum Gasteiger partial charge on any atom is -0.497 e. The number of benzene rings is 1. The number of H-pyrrole nitrogens is 1. The van der Waals surface area contributed by atoms with Crippen LogP contribution in [0.25, 0.3) is 0 Å². The van der Waals surface area contributed by atoms with E-state index in [4.69, 9.17) is 10.5 Å². The molecule has 0 bridgehead atoms. The van der Waals surface area contributed by atoms with Crippen LogP contribution >= 0.6 is 0 Å². The van der Waals surface area contributed by atoms with Crippen molar-refractivity contribution < 1.29 is 9.53 Å². The van der Waals surface area contributed by atoms with Crippen molar-refractivity contribution in [1.82, 2.24) is 10.2 Å². The van der Waals surface area contributed by atoms with Crippen molar-refractivity contribution in [3.8, 4) is 5.75 Å². The van der Waals surface area contributed by atoms with Gasteiger partial charge in [-0.25, -0.2) is 0 Å². The molecule has 6 nitrogen and oxygen atoms in total. The Balaban J connectivity index is 2.19. The Kier molecular flexibility index (Phi) is 3.93. The smallest absolute Gasteiger partial charge is 0.278 e. The van der Waals surface area contributed by atoms with Gasteiger partial charge in [-0.15, -0.1) is 0 Å². The molecule has 0 aliphatic heterocycles. The van der Waals surface area contributed by atoms with Crippen LogP contribution in [0.1, 0.15) is 35.9 Å². The fraction of sp³-hybridized carbons (Fsp3) is 0.286. The number of nitrogen functional groups attached to an aromatic ring is 1. The minimum absolute atomic E-state index is 0.181. The largest absolute Gasteiger partial charge is 0.497 e. The van der Waals surface area contributed by atoms with Crippen molar-refractivity contribution in [2.24, 2.45) is 0 Å². The van der Waals surface area contributed by atoms with Gasteiger partial charge in [-0.2, -0.15) is 5.10 Å². The Bertz CT molecular complexity index is 619. The summed E-state index contributed by atoms with van der Waals surface area (Å²) in [6.07, 6.45) is 0. The average Bonchev–Trinajstić information content (AvgIpc) is 2.81. The zero-order valence-corrected chi connectivity index (χ0v) is 11.7. The van der Waals surface area contributed by atoms with Crippen molar-refractivity contribution in [3.05, 3.63) is 35.7 Å². The molecule has 6 heteroatoms. The Morgan fingerprint density at radius 1 is 1.45 bits per heavy atom. The highest BCUT2D eigenvalue weighted by Crippen LogP contribution is 2.23. The fourth-order valence-corrected chi connectivity index (χ4v) is 1.87. The third-order valence-corrected chi connectivity index (χ3v) is 2.95. The molecule has 2 rings (SSSR count). The van der Waals surface area contributed by atoms with E-state index in [2.05, 4.69) is 15.5 Å². The van der Waals surface area contributed by atoms with Crippen LogP contribution in [0.5, 0.6) is 5.75 Å². The number of rotatable bonds is 4. The number of nitrogens with zero attached hydrogens (tertiary/aromatic N) is 1. The zero-order chi connectivity index (χ0) is 14.7. The van der Waals surface area contributed by atoms with Gasteiger partial charge in [-0.3, -0.25) is 9.89 Å². The number of hydrogen-bond acceptors (Lipinski definition) is 4. The number of nitrogens with two attached hydrogens (primary N) is 1. The summed E-state index contributed by atoms with van der Waals surface area (Å²) in [5.41, 5.74) is 7.92. The first kappa shape index (κ1) is 13.9. The van der Waals surface area contributed by atoms with Gasteiger partial charge in [0.25, 0.3) is 5.91 Å². The molecule has 4 N–H and O–H groups in total. The van der Waals surface area contributed by atoms with Crippen LogP contribution < -0.4 is 15.8 Å². The molecule has 0 fully saturated rings. The summed E-state index contributed by atoms with van der Waals surface area (Å²) in [5.74, 6) is 0.500. The van der Waals surface area contributed by atoms with E-state index in [1.807, 2.05) is 13.8 Å². The number of aromatic nitrogens is 2. The maximum atomic E-state index is 12.2. The fourth-order valence-electron chi connectivity index (χ4n) is 1.87. The van der Waals surface area contributed by atoms with Gasteiger partial charge in [0.1, 0.15) is 5.75 Å². The average molecular weight is 274 g/mol. The molecule has 1 amide bonds. The monoisotopic (exact) mass is 274 g/mol. The van der Waals surface area contributed by atoms with Crippen LogP contribution in [0.15, 0.2) is 24.3 Å². The summed E-state index contributed by atoms with van der Waals surface area (Å²) in [4.78, 5) is 12.2. The van der Waals surface area contributed by atoms with E-state index < -0.39 is 0 Å². The predicted octanol–water partition coefficient (Wildman–Crippen LogP) is 2.38. The van der Waals surface area contributed by atoms with Gasteiger partial charge in [0.15, 0.2) is 5.69 Å². The molecule has 0 aliphatic rings. The van der Waals surface area contributed by atoms with E-state index in [1.54, 1.807) is 31.4 Å². The molecule has 0 unspecified atom stereocenters. The van der Waals surface area contributed by atoms with E-state index >= 15 is 0 Å². The first-order valence-electron chi connectivity index (χ1n) is 6.32. The van der Waals surface area contributed by atoms with Crippen molar-refractivity contribution in [1.29, 1.82) is 0 Å². The van der Waals surface area contributed by atoms with Crippen LogP contribution in [-0.2, 0) is 0 Å². The van der Waals surface area contributed by atoms with Crippen LogP contribution in [0, 0.1) is 0 Å². The Labute approximate surface area is 117 Å². The molecule has 1 aromatic heterocycles. The molecule has 1 heterocycles. The second-order valence-corrected chi connectivity index (χ2v) is 4.74. The molecule has 0 radical (unpaired) electrons.